The van der Waals surface area contributed by atoms with E-state index in [9.17, 15) is 9.59 Å². The van der Waals surface area contributed by atoms with Gasteiger partial charge in [-0.3, -0.25) is 19.2 Å². The van der Waals surface area contributed by atoms with Crippen LogP contribution in [0.2, 0.25) is 0 Å². The number of hydrogen-bond donors (Lipinski definition) is 1. The van der Waals surface area contributed by atoms with E-state index in [2.05, 4.69) is 22.2 Å². The minimum atomic E-state index is -0.123. The van der Waals surface area contributed by atoms with E-state index in [1.807, 2.05) is 18.2 Å². The monoisotopic (exact) mass is 314 g/mol. The Morgan fingerprint density at radius 1 is 1.39 bits per heavy atom. The Labute approximate surface area is 135 Å². The summed E-state index contributed by atoms with van der Waals surface area (Å²) in [7, 11) is 0. The third-order valence-corrected chi connectivity index (χ3v) is 4.50. The number of likely N-dealkylation sites (tertiary alicyclic amines) is 1. The number of para-hydroxylation sites is 1. The van der Waals surface area contributed by atoms with Gasteiger partial charge in [-0.2, -0.15) is 5.10 Å². The van der Waals surface area contributed by atoms with Crippen molar-refractivity contribution in [3.63, 3.8) is 0 Å². The SMILES string of the molecule is CCN1CCCC1CNC(=O)Cn1ncc(=O)c2ccccc21. The average molecular weight is 314 g/mol. The lowest BCUT2D eigenvalue weighted by molar-refractivity contribution is -0.122. The molecule has 3 rings (SSSR count). The molecule has 0 spiro atoms. The molecule has 2 aromatic rings. The first-order chi connectivity index (χ1) is 11.2. The summed E-state index contributed by atoms with van der Waals surface area (Å²) in [5.74, 6) is -0.0748. The summed E-state index contributed by atoms with van der Waals surface area (Å²) >= 11 is 0. The highest BCUT2D eigenvalue weighted by atomic mass is 16.2. The highest BCUT2D eigenvalue weighted by Gasteiger charge is 2.23. The number of aromatic nitrogens is 2. The molecule has 1 amide bonds. The van der Waals surface area contributed by atoms with Crippen molar-refractivity contribution in [1.82, 2.24) is 20.0 Å². The summed E-state index contributed by atoms with van der Waals surface area (Å²) in [6.07, 6.45) is 3.60. The van der Waals surface area contributed by atoms with Crippen LogP contribution in [-0.4, -0.2) is 46.3 Å². The third kappa shape index (κ3) is 3.42. The zero-order valence-corrected chi connectivity index (χ0v) is 13.4. The number of nitrogens with zero attached hydrogens (tertiary/aromatic N) is 3. The summed E-state index contributed by atoms with van der Waals surface area (Å²) in [4.78, 5) is 26.4. The molecule has 1 unspecified atom stereocenters. The molecule has 1 aliphatic rings. The summed E-state index contributed by atoms with van der Waals surface area (Å²) < 4.78 is 1.58. The molecule has 6 heteroatoms. The normalized spacial score (nSPS) is 18.4. The lowest BCUT2D eigenvalue weighted by Crippen LogP contribution is -2.41. The van der Waals surface area contributed by atoms with Gasteiger partial charge in [0.15, 0.2) is 0 Å². The molecule has 1 N–H and O–H groups in total. The fourth-order valence-electron chi connectivity index (χ4n) is 3.25. The molecule has 0 aliphatic carbocycles. The van der Waals surface area contributed by atoms with Crippen molar-refractivity contribution in [1.29, 1.82) is 0 Å². The molecule has 0 saturated carbocycles. The first-order valence-electron chi connectivity index (χ1n) is 8.14. The predicted octanol–water partition coefficient (Wildman–Crippen LogP) is 0.997. The molecular formula is C17H22N4O2. The number of rotatable bonds is 5. The highest BCUT2D eigenvalue weighted by Crippen LogP contribution is 2.15. The standard InChI is InChI=1S/C17H22N4O2/c1-2-20-9-5-6-13(20)10-18-17(23)12-21-15-8-4-3-7-14(15)16(22)11-19-21/h3-4,7-8,11,13H,2,5-6,9-10,12H2,1H3,(H,18,23). The van der Waals surface area contributed by atoms with E-state index in [1.54, 1.807) is 10.7 Å². The van der Waals surface area contributed by atoms with Gasteiger partial charge in [-0.15, -0.1) is 0 Å². The van der Waals surface area contributed by atoms with E-state index in [0.717, 1.165) is 19.5 Å². The van der Waals surface area contributed by atoms with Gasteiger partial charge >= 0.3 is 0 Å². The second kappa shape index (κ2) is 6.91. The van der Waals surface area contributed by atoms with E-state index < -0.39 is 0 Å². The number of carbonyl (C=O) groups is 1. The smallest absolute Gasteiger partial charge is 0.241 e. The molecule has 1 aromatic heterocycles. The molecule has 2 heterocycles. The van der Waals surface area contributed by atoms with Crippen molar-refractivity contribution in [3.8, 4) is 0 Å². The number of fused-ring (bicyclic) bond motifs is 1. The maximum Gasteiger partial charge on any atom is 0.241 e. The Balaban J connectivity index is 1.67. The lowest BCUT2D eigenvalue weighted by atomic mass is 10.2. The molecule has 1 aliphatic heterocycles. The fraction of sp³-hybridized carbons (Fsp3) is 0.471. The molecule has 1 aromatic carbocycles. The molecule has 1 saturated heterocycles. The Kier molecular flexibility index (Phi) is 4.71. The van der Waals surface area contributed by atoms with Gasteiger partial charge in [0.05, 0.1) is 11.7 Å². The number of benzene rings is 1. The van der Waals surface area contributed by atoms with Crippen molar-refractivity contribution in [2.45, 2.75) is 32.4 Å². The summed E-state index contributed by atoms with van der Waals surface area (Å²) in [6.45, 7) is 5.08. The zero-order valence-electron chi connectivity index (χ0n) is 13.4. The van der Waals surface area contributed by atoms with E-state index in [0.29, 0.717) is 23.5 Å². The van der Waals surface area contributed by atoms with Gasteiger partial charge in [0.2, 0.25) is 11.3 Å². The zero-order chi connectivity index (χ0) is 16.2. The van der Waals surface area contributed by atoms with E-state index >= 15 is 0 Å². The van der Waals surface area contributed by atoms with E-state index in [-0.39, 0.29) is 17.9 Å². The molecule has 1 fully saturated rings. The fourth-order valence-corrected chi connectivity index (χ4v) is 3.25. The second-order valence-electron chi connectivity index (χ2n) is 5.91. The van der Waals surface area contributed by atoms with Crippen LogP contribution in [0, 0.1) is 0 Å². The summed E-state index contributed by atoms with van der Waals surface area (Å²) in [5.41, 5.74) is 0.563. The minimum Gasteiger partial charge on any atom is -0.353 e. The quantitative estimate of drug-likeness (QED) is 0.894. The molecule has 0 radical (unpaired) electrons. The number of nitrogens with one attached hydrogen (secondary N) is 1. The van der Waals surface area contributed by atoms with Crippen LogP contribution in [0.4, 0.5) is 0 Å². The van der Waals surface area contributed by atoms with Crippen LogP contribution in [0.25, 0.3) is 10.9 Å². The molecule has 1 atom stereocenters. The average Bonchev–Trinajstić information content (AvgIpc) is 3.03. The number of carbonyl (C=O) groups excluding carboxylic acids is 1. The van der Waals surface area contributed by atoms with Crippen LogP contribution < -0.4 is 10.7 Å². The molecule has 122 valence electrons. The molecule has 6 nitrogen and oxygen atoms in total. The Morgan fingerprint density at radius 2 is 2.22 bits per heavy atom. The van der Waals surface area contributed by atoms with Crippen LogP contribution in [0.15, 0.2) is 35.3 Å². The second-order valence-corrected chi connectivity index (χ2v) is 5.91. The van der Waals surface area contributed by atoms with Gasteiger partial charge in [-0.05, 0) is 38.1 Å². The predicted molar refractivity (Wildman–Crippen MR) is 89.3 cm³/mol. The molecule has 0 bridgehead atoms. The summed E-state index contributed by atoms with van der Waals surface area (Å²) in [6, 6.07) is 7.66. The van der Waals surface area contributed by atoms with Crippen molar-refractivity contribution in [3.05, 3.63) is 40.7 Å². The van der Waals surface area contributed by atoms with Crippen molar-refractivity contribution >= 4 is 16.8 Å². The van der Waals surface area contributed by atoms with Crippen molar-refractivity contribution in [2.75, 3.05) is 19.6 Å². The number of hydrogen-bond acceptors (Lipinski definition) is 4. The van der Waals surface area contributed by atoms with Crippen LogP contribution in [0.3, 0.4) is 0 Å². The van der Waals surface area contributed by atoms with Gasteiger partial charge < -0.3 is 5.32 Å². The highest BCUT2D eigenvalue weighted by molar-refractivity contribution is 5.81. The van der Waals surface area contributed by atoms with Gasteiger partial charge in [-0.25, -0.2) is 0 Å². The Bertz CT molecular complexity index is 756. The van der Waals surface area contributed by atoms with Crippen LogP contribution in [0.1, 0.15) is 19.8 Å². The van der Waals surface area contributed by atoms with E-state index in [1.165, 1.54) is 12.6 Å². The van der Waals surface area contributed by atoms with Gasteiger partial charge in [-0.1, -0.05) is 19.1 Å². The summed E-state index contributed by atoms with van der Waals surface area (Å²) in [5, 5.41) is 7.67. The Morgan fingerprint density at radius 3 is 3.04 bits per heavy atom. The minimum absolute atomic E-state index is 0.0748. The van der Waals surface area contributed by atoms with E-state index in [4.69, 9.17) is 0 Å². The van der Waals surface area contributed by atoms with Crippen LogP contribution in [0.5, 0.6) is 0 Å². The largest absolute Gasteiger partial charge is 0.353 e. The van der Waals surface area contributed by atoms with Crippen molar-refractivity contribution in [2.24, 2.45) is 0 Å². The molecular weight excluding hydrogens is 292 g/mol. The first-order valence-corrected chi connectivity index (χ1v) is 8.14. The Hall–Kier alpha value is -2.21. The topological polar surface area (TPSA) is 67.2 Å². The number of amides is 1. The maximum atomic E-state index is 12.2. The van der Waals surface area contributed by atoms with Gasteiger partial charge in [0.25, 0.3) is 0 Å². The van der Waals surface area contributed by atoms with Crippen LogP contribution >= 0.6 is 0 Å². The number of likely N-dealkylation sites (N-methyl/N-ethyl adjacent to an activating group) is 1. The van der Waals surface area contributed by atoms with Crippen molar-refractivity contribution < 1.29 is 4.79 Å². The van der Waals surface area contributed by atoms with Crippen LogP contribution in [-0.2, 0) is 11.3 Å². The molecule has 23 heavy (non-hydrogen) atoms. The lowest BCUT2D eigenvalue weighted by Gasteiger charge is -2.23. The van der Waals surface area contributed by atoms with Gasteiger partial charge in [0.1, 0.15) is 6.54 Å². The van der Waals surface area contributed by atoms with Gasteiger partial charge in [0, 0.05) is 18.0 Å². The maximum absolute atomic E-state index is 12.2. The first kappa shape index (κ1) is 15.7. The third-order valence-electron chi connectivity index (χ3n) is 4.50.